The maximum Gasteiger partial charge on any atom is 0.0339 e. The molecule has 19 heavy (non-hydrogen) atoms. The SMILES string of the molecule is CCCN(CC1CC1)C1(CN)CC(C)CC(C)(C)C1. The minimum absolute atomic E-state index is 0.278. The predicted octanol–water partition coefficient (Wildman–Crippen LogP) is 3.65. The van der Waals surface area contributed by atoms with Crippen molar-refractivity contribution in [3.8, 4) is 0 Å². The fourth-order valence-corrected chi connectivity index (χ4v) is 4.63. The van der Waals surface area contributed by atoms with Crippen molar-refractivity contribution in [2.45, 2.75) is 71.8 Å². The van der Waals surface area contributed by atoms with Gasteiger partial charge in [-0.3, -0.25) is 4.90 Å². The van der Waals surface area contributed by atoms with Gasteiger partial charge in [0.2, 0.25) is 0 Å². The topological polar surface area (TPSA) is 29.3 Å². The molecule has 2 aliphatic rings. The van der Waals surface area contributed by atoms with E-state index in [2.05, 4.69) is 32.6 Å². The zero-order valence-corrected chi connectivity index (χ0v) is 13.5. The number of nitrogens with zero attached hydrogens (tertiary/aromatic N) is 1. The summed E-state index contributed by atoms with van der Waals surface area (Å²) >= 11 is 0. The third kappa shape index (κ3) is 3.72. The van der Waals surface area contributed by atoms with Crippen LogP contribution < -0.4 is 5.73 Å². The number of hydrogen-bond acceptors (Lipinski definition) is 2. The molecule has 2 rings (SSSR count). The third-order valence-corrected chi connectivity index (χ3v) is 5.16. The lowest BCUT2D eigenvalue weighted by molar-refractivity contribution is -0.0144. The summed E-state index contributed by atoms with van der Waals surface area (Å²) in [5, 5.41) is 0. The molecule has 0 bridgehead atoms. The standard InChI is InChI=1S/C17H34N2/c1-5-8-19(11-15-6-7-15)17(13-18)10-14(2)9-16(3,4)12-17/h14-15H,5-13,18H2,1-4H3. The van der Waals surface area contributed by atoms with Crippen molar-refractivity contribution >= 4 is 0 Å². The van der Waals surface area contributed by atoms with E-state index in [-0.39, 0.29) is 5.54 Å². The first-order valence-corrected chi connectivity index (χ1v) is 8.36. The Labute approximate surface area is 120 Å². The van der Waals surface area contributed by atoms with Gasteiger partial charge in [-0.25, -0.2) is 0 Å². The van der Waals surface area contributed by atoms with Gasteiger partial charge in [-0.2, -0.15) is 0 Å². The molecule has 0 amide bonds. The Hall–Kier alpha value is -0.0800. The second-order valence-corrected chi connectivity index (χ2v) is 8.17. The van der Waals surface area contributed by atoms with Crippen molar-refractivity contribution in [3.63, 3.8) is 0 Å². The minimum atomic E-state index is 0.278. The first kappa shape index (κ1) is 15.3. The quantitative estimate of drug-likeness (QED) is 0.795. The van der Waals surface area contributed by atoms with E-state index in [1.54, 1.807) is 0 Å². The van der Waals surface area contributed by atoms with Crippen LogP contribution in [0, 0.1) is 17.3 Å². The van der Waals surface area contributed by atoms with Crippen LogP contribution in [0.15, 0.2) is 0 Å². The van der Waals surface area contributed by atoms with Crippen LogP contribution >= 0.6 is 0 Å². The molecule has 112 valence electrons. The zero-order chi connectivity index (χ0) is 14.1. The Morgan fingerprint density at radius 2 is 1.89 bits per heavy atom. The molecule has 2 nitrogen and oxygen atoms in total. The zero-order valence-electron chi connectivity index (χ0n) is 13.5. The summed E-state index contributed by atoms with van der Waals surface area (Å²) < 4.78 is 0. The van der Waals surface area contributed by atoms with E-state index in [0.717, 1.165) is 18.4 Å². The molecule has 0 saturated heterocycles. The highest BCUT2D eigenvalue weighted by Gasteiger charge is 2.46. The van der Waals surface area contributed by atoms with Gasteiger partial charge in [0.15, 0.2) is 0 Å². The van der Waals surface area contributed by atoms with Crippen LogP contribution in [0.25, 0.3) is 0 Å². The maximum absolute atomic E-state index is 6.31. The highest BCUT2D eigenvalue weighted by Crippen LogP contribution is 2.47. The molecule has 0 aromatic heterocycles. The second-order valence-electron chi connectivity index (χ2n) is 8.17. The van der Waals surface area contributed by atoms with Crippen molar-refractivity contribution in [1.29, 1.82) is 0 Å². The van der Waals surface area contributed by atoms with Crippen molar-refractivity contribution < 1.29 is 0 Å². The minimum Gasteiger partial charge on any atom is -0.329 e. The molecule has 2 unspecified atom stereocenters. The van der Waals surface area contributed by atoms with Crippen molar-refractivity contribution in [2.75, 3.05) is 19.6 Å². The molecule has 2 aliphatic carbocycles. The summed E-state index contributed by atoms with van der Waals surface area (Å²) in [5.74, 6) is 1.78. The lowest BCUT2D eigenvalue weighted by atomic mass is 9.63. The summed E-state index contributed by atoms with van der Waals surface area (Å²) in [4.78, 5) is 2.78. The van der Waals surface area contributed by atoms with Crippen LogP contribution in [0.4, 0.5) is 0 Å². The first-order chi connectivity index (χ1) is 8.91. The van der Waals surface area contributed by atoms with Crippen LogP contribution in [0.5, 0.6) is 0 Å². The summed E-state index contributed by atoms with van der Waals surface area (Å²) in [5.41, 5.74) is 7.04. The molecular formula is C17H34N2. The molecule has 2 fully saturated rings. The van der Waals surface area contributed by atoms with Gasteiger partial charge in [0, 0.05) is 18.6 Å². The van der Waals surface area contributed by atoms with Gasteiger partial charge in [-0.15, -0.1) is 0 Å². The van der Waals surface area contributed by atoms with Gasteiger partial charge >= 0.3 is 0 Å². The van der Waals surface area contributed by atoms with E-state index in [9.17, 15) is 0 Å². The smallest absolute Gasteiger partial charge is 0.0339 e. The van der Waals surface area contributed by atoms with Crippen LogP contribution in [-0.4, -0.2) is 30.1 Å². The monoisotopic (exact) mass is 266 g/mol. The largest absolute Gasteiger partial charge is 0.329 e. The maximum atomic E-state index is 6.31. The molecule has 2 saturated carbocycles. The van der Waals surface area contributed by atoms with Crippen molar-refractivity contribution in [2.24, 2.45) is 23.0 Å². The van der Waals surface area contributed by atoms with Gasteiger partial charge in [0.1, 0.15) is 0 Å². The van der Waals surface area contributed by atoms with Crippen molar-refractivity contribution in [3.05, 3.63) is 0 Å². The van der Waals surface area contributed by atoms with Crippen LogP contribution in [0.2, 0.25) is 0 Å². The van der Waals surface area contributed by atoms with Crippen LogP contribution in [0.1, 0.15) is 66.2 Å². The van der Waals surface area contributed by atoms with E-state index in [0.29, 0.717) is 5.41 Å². The Bertz CT molecular complexity index is 296. The van der Waals surface area contributed by atoms with E-state index >= 15 is 0 Å². The summed E-state index contributed by atoms with van der Waals surface area (Å²) in [6.45, 7) is 13.0. The molecule has 0 aromatic carbocycles. The average molecular weight is 266 g/mol. The Morgan fingerprint density at radius 3 is 2.37 bits per heavy atom. The van der Waals surface area contributed by atoms with E-state index < -0.39 is 0 Å². The fourth-order valence-electron chi connectivity index (χ4n) is 4.63. The third-order valence-electron chi connectivity index (χ3n) is 5.16. The van der Waals surface area contributed by atoms with Gasteiger partial charge in [-0.05, 0) is 62.3 Å². The van der Waals surface area contributed by atoms with Gasteiger partial charge < -0.3 is 5.73 Å². The normalized spacial score (nSPS) is 34.7. The van der Waals surface area contributed by atoms with E-state index in [4.69, 9.17) is 5.73 Å². The highest BCUT2D eigenvalue weighted by molar-refractivity contribution is 5.02. The highest BCUT2D eigenvalue weighted by atomic mass is 15.2. The van der Waals surface area contributed by atoms with Crippen LogP contribution in [-0.2, 0) is 0 Å². The molecule has 0 heterocycles. The second kappa shape index (κ2) is 5.73. The Morgan fingerprint density at radius 1 is 1.21 bits per heavy atom. The predicted molar refractivity (Wildman–Crippen MR) is 83.2 cm³/mol. The molecular weight excluding hydrogens is 232 g/mol. The summed E-state index contributed by atoms with van der Waals surface area (Å²) in [7, 11) is 0. The number of hydrogen-bond donors (Lipinski definition) is 1. The molecule has 0 radical (unpaired) electrons. The molecule has 0 aromatic rings. The van der Waals surface area contributed by atoms with E-state index in [1.165, 1.54) is 51.6 Å². The summed E-state index contributed by atoms with van der Waals surface area (Å²) in [6.07, 6.45) is 8.09. The molecule has 2 atom stereocenters. The first-order valence-electron chi connectivity index (χ1n) is 8.36. The Balaban J connectivity index is 2.16. The lowest BCUT2D eigenvalue weighted by Crippen LogP contribution is -2.59. The van der Waals surface area contributed by atoms with Gasteiger partial charge in [0.05, 0.1) is 0 Å². The lowest BCUT2D eigenvalue weighted by Gasteiger charge is -2.53. The Kier molecular flexibility index (Phi) is 4.62. The number of nitrogens with two attached hydrogens (primary N) is 1. The number of rotatable bonds is 6. The average Bonchev–Trinajstić information content (AvgIpc) is 3.09. The van der Waals surface area contributed by atoms with E-state index in [1.807, 2.05) is 0 Å². The fraction of sp³-hybridized carbons (Fsp3) is 1.00. The van der Waals surface area contributed by atoms with Crippen molar-refractivity contribution in [1.82, 2.24) is 4.90 Å². The van der Waals surface area contributed by atoms with Crippen LogP contribution in [0.3, 0.4) is 0 Å². The van der Waals surface area contributed by atoms with Gasteiger partial charge in [0.25, 0.3) is 0 Å². The summed E-state index contributed by atoms with van der Waals surface area (Å²) in [6, 6.07) is 0. The molecule has 0 aliphatic heterocycles. The van der Waals surface area contributed by atoms with Gasteiger partial charge in [-0.1, -0.05) is 27.7 Å². The molecule has 0 spiro atoms. The molecule has 2 heteroatoms. The molecule has 2 N–H and O–H groups in total.